The Balaban J connectivity index is 2.17. The van der Waals surface area contributed by atoms with Gasteiger partial charge in [-0.2, -0.15) is 0 Å². The number of nitrogens with one attached hydrogen (secondary N) is 1. The topological polar surface area (TPSA) is 86.6 Å². The van der Waals surface area contributed by atoms with Crippen LogP contribution in [0.25, 0.3) is 0 Å². The summed E-state index contributed by atoms with van der Waals surface area (Å²) in [5, 5.41) is 21.5. The highest BCUT2D eigenvalue weighted by Gasteiger charge is 2.42. The number of carbonyl (C=O) groups is 2. The Bertz CT molecular complexity index is 518. The highest BCUT2D eigenvalue weighted by Crippen LogP contribution is 2.32. The number of phenols is 1. The van der Waals surface area contributed by atoms with Crippen molar-refractivity contribution in [3.8, 4) is 5.75 Å². The van der Waals surface area contributed by atoms with Gasteiger partial charge in [0.05, 0.1) is 0 Å². The van der Waals surface area contributed by atoms with Crippen molar-refractivity contribution in [3.63, 3.8) is 0 Å². The first-order valence-corrected chi connectivity index (χ1v) is 6.78. The molecule has 0 aliphatic heterocycles. The summed E-state index contributed by atoms with van der Waals surface area (Å²) in [6.07, 6.45) is 2.45. The monoisotopic (exact) mass is 277 g/mol. The zero-order valence-corrected chi connectivity index (χ0v) is 11.4. The number of phenolic OH excluding ortho intramolecular Hbond substituents is 1. The van der Waals surface area contributed by atoms with Crippen LogP contribution in [0.15, 0.2) is 24.3 Å². The standard InChI is InChI=1S/C15H19NO4/c1-10-5-7-15(8-6-10,14(19)20)16-13(18)11-3-2-4-12(17)9-11/h2-4,9-10,17H,5-8H2,1H3,(H,16,18)(H,19,20). The first kappa shape index (κ1) is 14.4. The second-order valence-corrected chi connectivity index (χ2v) is 5.57. The third-order valence-electron chi connectivity index (χ3n) is 4.00. The zero-order chi connectivity index (χ0) is 14.8. The molecule has 1 aromatic rings. The van der Waals surface area contributed by atoms with Crippen molar-refractivity contribution in [1.29, 1.82) is 0 Å². The normalized spacial score (nSPS) is 25.9. The highest BCUT2D eigenvalue weighted by atomic mass is 16.4. The molecule has 0 atom stereocenters. The van der Waals surface area contributed by atoms with Crippen molar-refractivity contribution in [1.82, 2.24) is 5.32 Å². The summed E-state index contributed by atoms with van der Waals surface area (Å²) in [4.78, 5) is 23.7. The van der Waals surface area contributed by atoms with Crippen LogP contribution in [-0.2, 0) is 4.79 Å². The minimum Gasteiger partial charge on any atom is -0.508 e. The van der Waals surface area contributed by atoms with Crippen LogP contribution in [0.4, 0.5) is 0 Å². The minimum absolute atomic E-state index is 0.0145. The lowest BCUT2D eigenvalue weighted by Crippen LogP contribution is -2.56. The Morgan fingerprint density at radius 2 is 1.95 bits per heavy atom. The van der Waals surface area contributed by atoms with Crippen LogP contribution in [0.5, 0.6) is 5.75 Å². The molecule has 1 saturated carbocycles. The maximum atomic E-state index is 12.2. The first-order valence-electron chi connectivity index (χ1n) is 6.78. The number of carbonyl (C=O) groups excluding carboxylic acids is 1. The summed E-state index contributed by atoms with van der Waals surface area (Å²) in [7, 11) is 0. The van der Waals surface area contributed by atoms with Gasteiger partial charge in [0.15, 0.2) is 0 Å². The average molecular weight is 277 g/mol. The predicted octanol–water partition coefficient (Wildman–Crippen LogP) is 2.16. The van der Waals surface area contributed by atoms with Crippen LogP contribution in [-0.4, -0.2) is 27.6 Å². The number of rotatable bonds is 3. The molecule has 1 amide bonds. The Labute approximate surface area is 117 Å². The third-order valence-corrected chi connectivity index (χ3v) is 4.00. The van der Waals surface area contributed by atoms with E-state index in [0.717, 1.165) is 12.8 Å². The smallest absolute Gasteiger partial charge is 0.329 e. The van der Waals surface area contributed by atoms with E-state index in [4.69, 9.17) is 0 Å². The van der Waals surface area contributed by atoms with Gasteiger partial charge >= 0.3 is 5.97 Å². The Morgan fingerprint density at radius 1 is 1.30 bits per heavy atom. The molecule has 0 bridgehead atoms. The third kappa shape index (κ3) is 2.92. The van der Waals surface area contributed by atoms with Crippen LogP contribution in [0, 0.1) is 5.92 Å². The van der Waals surface area contributed by atoms with E-state index in [1.54, 1.807) is 12.1 Å². The molecule has 3 N–H and O–H groups in total. The van der Waals surface area contributed by atoms with E-state index < -0.39 is 17.4 Å². The molecule has 5 heteroatoms. The van der Waals surface area contributed by atoms with Crippen molar-refractivity contribution in [2.75, 3.05) is 0 Å². The number of aliphatic carboxylic acids is 1. The van der Waals surface area contributed by atoms with Crippen LogP contribution in [0.1, 0.15) is 43.0 Å². The van der Waals surface area contributed by atoms with E-state index in [9.17, 15) is 19.8 Å². The van der Waals surface area contributed by atoms with Gasteiger partial charge in [-0.15, -0.1) is 0 Å². The van der Waals surface area contributed by atoms with Crippen LogP contribution in [0.2, 0.25) is 0 Å². The van der Waals surface area contributed by atoms with Crippen molar-refractivity contribution in [2.24, 2.45) is 5.92 Å². The Hall–Kier alpha value is -2.04. The number of amides is 1. The first-order chi connectivity index (χ1) is 9.43. The van der Waals surface area contributed by atoms with E-state index in [1.807, 2.05) is 0 Å². The van der Waals surface area contributed by atoms with Gasteiger partial charge in [-0.05, 0) is 49.8 Å². The lowest BCUT2D eigenvalue weighted by Gasteiger charge is -2.36. The molecule has 1 aromatic carbocycles. The van der Waals surface area contributed by atoms with Crippen molar-refractivity contribution in [3.05, 3.63) is 29.8 Å². The molecular weight excluding hydrogens is 258 g/mol. The second-order valence-electron chi connectivity index (χ2n) is 5.57. The quantitative estimate of drug-likeness (QED) is 0.790. The van der Waals surface area contributed by atoms with Crippen LogP contribution in [0.3, 0.4) is 0 Å². The highest BCUT2D eigenvalue weighted by molar-refractivity contribution is 5.98. The molecule has 0 saturated heterocycles. The van der Waals surface area contributed by atoms with E-state index in [1.165, 1.54) is 12.1 Å². The van der Waals surface area contributed by atoms with Crippen LogP contribution >= 0.6 is 0 Å². The molecule has 0 heterocycles. The van der Waals surface area contributed by atoms with Gasteiger partial charge < -0.3 is 15.5 Å². The number of carboxylic acids is 1. The lowest BCUT2D eigenvalue weighted by molar-refractivity contribution is -0.146. The van der Waals surface area contributed by atoms with Gasteiger partial charge in [-0.3, -0.25) is 4.79 Å². The fourth-order valence-corrected chi connectivity index (χ4v) is 2.58. The molecule has 1 fully saturated rings. The van der Waals surface area contributed by atoms with Crippen molar-refractivity contribution >= 4 is 11.9 Å². The summed E-state index contributed by atoms with van der Waals surface area (Å²) in [5.74, 6) is -0.977. The molecular formula is C15H19NO4. The van der Waals surface area contributed by atoms with Gasteiger partial charge in [0.25, 0.3) is 5.91 Å². The number of aromatic hydroxyl groups is 1. The summed E-state index contributed by atoms with van der Waals surface area (Å²) < 4.78 is 0. The largest absolute Gasteiger partial charge is 0.508 e. The van der Waals surface area contributed by atoms with Crippen LogP contribution < -0.4 is 5.32 Å². The number of benzene rings is 1. The fraction of sp³-hybridized carbons (Fsp3) is 0.467. The number of carboxylic acid groups (broad SMARTS) is 1. The number of hydrogen-bond donors (Lipinski definition) is 3. The molecule has 0 aromatic heterocycles. The van der Waals surface area contributed by atoms with E-state index in [2.05, 4.69) is 12.2 Å². The number of hydrogen-bond acceptors (Lipinski definition) is 3. The van der Waals surface area contributed by atoms with E-state index in [0.29, 0.717) is 18.8 Å². The molecule has 1 aliphatic carbocycles. The Kier molecular flexibility index (Phi) is 3.97. The van der Waals surface area contributed by atoms with Gasteiger partial charge in [-0.1, -0.05) is 13.0 Å². The summed E-state index contributed by atoms with van der Waals surface area (Å²) >= 11 is 0. The van der Waals surface area contributed by atoms with Gasteiger partial charge in [0, 0.05) is 5.56 Å². The van der Waals surface area contributed by atoms with Gasteiger partial charge in [-0.25, -0.2) is 4.79 Å². The summed E-state index contributed by atoms with van der Waals surface area (Å²) in [6, 6.07) is 5.90. The molecule has 108 valence electrons. The lowest BCUT2D eigenvalue weighted by atomic mass is 9.77. The maximum absolute atomic E-state index is 12.2. The molecule has 0 radical (unpaired) electrons. The molecule has 0 spiro atoms. The molecule has 2 rings (SSSR count). The van der Waals surface area contributed by atoms with E-state index >= 15 is 0 Å². The molecule has 0 unspecified atom stereocenters. The SMILES string of the molecule is CC1CCC(NC(=O)c2cccc(O)c2)(C(=O)O)CC1. The average Bonchev–Trinajstić information content (AvgIpc) is 2.41. The summed E-state index contributed by atoms with van der Waals surface area (Å²) in [6.45, 7) is 2.09. The Morgan fingerprint density at radius 3 is 2.50 bits per heavy atom. The summed E-state index contributed by atoms with van der Waals surface area (Å²) in [5.41, 5.74) is -0.918. The van der Waals surface area contributed by atoms with Crippen molar-refractivity contribution in [2.45, 2.75) is 38.1 Å². The molecule has 5 nitrogen and oxygen atoms in total. The maximum Gasteiger partial charge on any atom is 0.329 e. The second kappa shape index (κ2) is 5.53. The van der Waals surface area contributed by atoms with Crippen molar-refractivity contribution < 1.29 is 19.8 Å². The van der Waals surface area contributed by atoms with Gasteiger partial charge in [0.1, 0.15) is 11.3 Å². The van der Waals surface area contributed by atoms with Gasteiger partial charge in [0.2, 0.25) is 0 Å². The van der Waals surface area contributed by atoms with E-state index in [-0.39, 0.29) is 11.3 Å². The molecule has 1 aliphatic rings. The predicted molar refractivity (Wildman–Crippen MR) is 73.6 cm³/mol. The minimum atomic E-state index is -1.19. The fourth-order valence-electron chi connectivity index (χ4n) is 2.58. The molecule has 20 heavy (non-hydrogen) atoms. The zero-order valence-electron chi connectivity index (χ0n) is 11.4.